The summed E-state index contributed by atoms with van der Waals surface area (Å²) in [6, 6.07) is 12.4. The van der Waals surface area contributed by atoms with Crippen LogP contribution in [0.15, 0.2) is 47.3 Å². The molecule has 1 aromatic heterocycles. The number of rotatable bonds is 5. The average Bonchev–Trinajstić information content (AvgIpc) is 3.10. The van der Waals surface area contributed by atoms with Crippen molar-refractivity contribution < 1.29 is 14.3 Å². The molecule has 8 nitrogen and oxygen atoms in total. The molecule has 1 amide bonds. The highest BCUT2D eigenvalue weighted by molar-refractivity contribution is 6.31. The number of hydrogen-bond acceptors (Lipinski definition) is 5. The number of benzene rings is 2. The van der Waals surface area contributed by atoms with Crippen molar-refractivity contribution in [1.82, 2.24) is 14.5 Å². The van der Waals surface area contributed by atoms with Gasteiger partial charge in [0, 0.05) is 24.2 Å². The van der Waals surface area contributed by atoms with E-state index in [1.807, 2.05) is 33.7 Å². The number of nitrogens with one attached hydrogen (secondary N) is 2. The summed E-state index contributed by atoms with van der Waals surface area (Å²) in [7, 11) is 1.28. The maximum atomic E-state index is 12.6. The number of hydrogen-bond donors (Lipinski definition) is 2. The number of carbonyl (C=O) groups is 2. The van der Waals surface area contributed by atoms with E-state index in [0.29, 0.717) is 23.8 Å². The smallest absolute Gasteiger partial charge is 0.340 e. The SMILES string of the molecule is COC(=O)c1cc(Cl)ccc1NC(=O)CN1CCC(n2c(=O)[nH]c3ccccc32)CC1. The quantitative estimate of drug-likeness (QED) is 0.592. The van der Waals surface area contributed by atoms with Crippen molar-refractivity contribution in [3.05, 3.63) is 63.5 Å². The van der Waals surface area contributed by atoms with E-state index in [-0.39, 0.29) is 29.7 Å². The van der Waals surface area contributed by atoms with E-state index >= 15 is 0 Å². The van der Waals surface area contributed by atoms with Gasteiger partial charge in [-0.15, -0.1) is 0 Å². The number of methoxy groups -OCH3 is 1. The number of likely N-dealkylation sites (tertiary alicyclic amines) is 1. The highest BCUT2D eigenvalue weighted by Gasteiger charge is 2.25. The van der Waals surface area contributed by atoms with Gasteiger partial charge >= 0.3 is 11.7 Å². The van der Waals surface area contributed by atoms with Crippen LogP contribution in [0.5, 0.6) is 0 Å². The van der Waals surface area contributed by atoms with Gasteiger partial charge in [0.1, 0.15) is 0 Å². The molecule has 2 N–H and O–H groups in total. The molecule has 2 aromatic carbocycles. The molecule has 0 unspecified atom stereocenters. The molecule has 1 fully saturated rings. The van der Waals surface area contributed by atoms with Gasteiger partial charge < -0.3 is 15.0 Å². The summed E-state index contributed by atoms with van der Waals surface area (Å²) >= 11 is 5.96. The van der Waals surface area contributed by atoms with Gasteiger partial charge in [-0.3, -0.25) is 14.3 Å². The Balaban J connectivity index is 1.38. The molecule has 0 saturated carbocycles. The molecule has 4 rings (SSSR count). The Bertz CT molecular complexity index is 1180. The number of carbonyl (C=O) groups excluding carboxylic acids is 2. The Labute approximate surface area is 183 Å². The maximum Gasteiger partial charge on any atom is 0.340 e. The number of nitrogens with zero attached hydrogens (tertiary/aromatic N) is 2. The molecule has 1 aliphatic heterocycles. The van der Waals surface area contributed by atoms with E-state index in [0.717, 1.165) is 23.9 Å². The number of para-hydroxylation sites is 2. The summed E-state index contributed by atoms with van der Waals surface area (Å²) in [5.74, 6) is -0.794. The summed E-state index contributed by atoms with van der Waals surface area (Å²) in [4.78, 5) is 41.9. The van der Waals surface area contributed by atoms with Crippen LogP contribution in [0.3, 0.4) is 0 Å². The molecule has 162 valence electrons. The van der Waals surface area contributed by atoms with Crippen molar-refractivity contribution in [2.24, 2.45) is 0 Å². The third-order valence-corrected chi connectivity index (χ3v) is 5.81. The van der Waals surface area contributed by atoms with Gasteiger partial charge in [0.2, 0.25) is 5.91 Å². The number of amides is 1. The number of fused-ring (bicyclic) bond motifs is 1. The molecule has 9 heteroatoms. The van der Waals surface area contributed by atoms with Crippen LogP contribution in [0, 0.1) is 0 Å². The Hall–Kier alpha value is -3.10. The van der Waals surface area contributed by atoms with Crippen LogP contribution in [0.4, 0.5) is 5.69 Å². The van der Waals surface area contributed by atoms with Gasteiger partial charge in [-0.25, -0.2) is 9.59 Å². The third kappa shape index (κ3) is 4.50. The molecule has 31 heavy (non-hydrogen) atoms. The number of H-pyrrole nitrogens is 1. The van der Waals surface area contributed by atoms with Gasteiger partial charge in [0.05, 0.1) is 35.9 Å². The van der Waals surface area contributed by atoms with Crippen LogP contribution in [-0.2, 0) is 9.53 Å². The normalized spacial score (nSPS) is 15.2. The van der Waals surface area contributed by atoms with E-state index in [9.17, 15) is 14.4 Å². The topological polar surface area (TPSA) is 96.4 Å². The molecule has 0 atom stereocenters. The highest BCUT2D eigenvalue weighted by Crippen LogP contribution is 2.25. The Morgan fingerprint density at radius 1 is 1.19 bits per heavy atom. The third-order valence-electron chi connectivity index (χ3n) is 5.57. The zero-order valence-electron chi connectivity index (χ0n) is 17.1. The zero-order chi connectivity index (χ0) is 22.0. The van der Waals surface area contributed by atoms with Crippen LogP contribution < -0.4 is 11.0 Å². The van der Waals surface area contributed by atoms with Crippen LogP contribution in [0.2, 0.25) is 5.02 Å². The predicted molar refractivity (Wildman–Crippen MR) is 119 cm³/mol. The lowest BCUT2D eigenvalue weighted by Crippen LogP contribution is -2.41. The molecule has 0 bridgehead atoms. The lowest BCUT2D eigenvalue weighted by molar-refractivity contribution is -0.117. The number of aromatic nitrogens is 2. The van der Waals surface area contributed by atoms with Crippen molar-refractivity contribution in [1.29, 1.82) is 0 Å². The van der Waals surface area contributed by atoms with Gasteiger partial charge in [-0.05, 0) is 43.2 Å². The summed E-state index contributed by atoms with van der Waals surface area (Å²) in [6.07, 6.45) is 1.53. The minimum absolute atomic E-state index is 0.0881. The summed E-state index contributed by atoms with van der Waals surface area (Å²) in [5.41, 5.74) is 2.21. The van der Waals surface area contributed by atoms with E-state index in [2.05, 4.69) is 10.3 Å². The van der Waals surface area contributed by atoms with Crippen molar-refractivity contribution in [3.63, 3.8) is 0 Å². The van der Waals surface area contributed by atoms with Crippen molar-refractivity contribution in [2.45, 2.75) is 18.9 Å². The highest BCUT2D eigenvalue weighted by atomic mass is 35.5. The van der Waals surface area contributed by atoms with Crippen molar-refractivity contribution >= 4 is 40.2 Å². The lowest BCUT2D eigenvalue weighted by Gasteiger charge is -2.32. The first kappa shape index (κ1) is 21.1. The summed E-state index contributed by atoms with van der Waals surface area (Å²) < 4.78 is 6.58. The predicted octanol–water partition coefficient (Wildman–Crippen LogP) is 3.05. The molecule has 1 aliphatic rings. The van der Waals surface area contributed by atoms with Gasteiger partial charge in [-0.1, -0.05) is 23.7 Å². The van der Waals surface area contributed by atoms with Crippen LogP contribution in [0.25, 0.3) is 11.0 Å². The standard InChI is InChI=1S/C22H23ClN4O4/c1-31-21(29)16-12-14(23)6-7-17(16)24-20(28)13-26-10-8-15(9-11-26)27-19-5-3-2-4-18(19)25-22(27)30/h2-7,12,15H,8-11,13H2,1H3,(H,24,28)(H,25,30). The Kier molecular flexibility index (Phi) is 6.11. The first-order chi connectivity index (χ1) is 15.0. The monoisotopic (exact) mass is 442 g/mol. The van der Waals surface area contributed by atoms with E-state index < -0.39 is 5.97 Å². The van der Waals surface area contributed by atoms with E-state index in [1.165, 1.54) is 13.2 Å². The lowest BCUT2D eigenvalue weighted by atomic mass is 10.0. The number of ether oxygens (including phenoxy) is 1. The molecule has 3 aromatic rings. The maximum absolute atomic E-state index is 12.6. The average molecular weight is 443 g/mol. The summed E-state index contributed by atoms with van der Waals surface area (Å²) in [5, 5.41) is 3.15. The molecule has 2 heterocycles. The number of aromatic amines is 1. The number of piperidine rings is 1. The molecule has 0 spiro atoms. The number of esters is 1. The summed E-state index contributed by atoms with van der Waals surface area (Å²) in [6.45, 7) is 1.57. The minimum Gasteiger partial charge on any atom is -0.465 e. The van der Waals surface area contributed by atoms with Crippen LogP contribution in [-0.4, -0.2) is 53.1 Å². The Morgan fingerprint density at radius 2 is 1.94 bits per heavy atom. The van der Waals surface area contributed by atoms with Crippen molar-refractivity contribution in [2.75, 3.05) is 32.1 Å². The fourth-order valence-electron chi connectivity index (χ4n) is 4.07. The number of anilines is 1. The molecule has 0 radical (unpaired) electrons. The van der Waals surface area contributed by atoms with Crippen LogP contribution in [0.1, 0.15) is 29.2 Å². The fraction of sp³-hybridized carbons (Fsp3) is 0.318. The molecular formula is C22H23ClN4O4. The van der Waals surface area contributed by atoms with E-state index in [1.54, 1.807) is 12.1 Å². The first-order valence-corrected chi connectivity index (χ1v) is 10.4. The van der Waals surface area contributed by atoms with Gasteiger partial charge in [0.25, 0.3) is 0 Å². The van der Waals surface area contributed by atoms with E-state index in [4.69, 9.17) is 16.3 Å². The first-order valence-electron chi connectivity index (χ1n) is 10.1. The van der Waals surface area contributed by atoms with Gasteiger partial charge in [-0.2, -0.15) is 0 Å². The number of halogens is 1. The van der Waals surface area contributed by atoms with Crippen molar-refractivity contribution in [3.8, 4) is 0 Å². The Morgan fingerprint density at radius 3 is 2.68 bits per heavy atom. The molecule has 1 saturated heterocycles. The fourth-order valence-corrected chi connectivity index (χ4v) is 4.24. The second-order valence-electron chi connectivity index (χ2n) is 7.55. The molecule has 0 aliphatic carbocycles. The van der Waals surface area contributed by atoms with Gasteiger partial charge in [0.15, 0.2) is 0 Å². The minimum atomic E-state index is -0.567. The number of imidazole rings is 1. The van der Waals surface area contributed by atoms with Crippen LogP contribution >= 0.6 is 11.6 Å². The molecular weight excluding hydrogens is 420 g/mol. The second-order valence-corrected chi connectivity index (χ2v) is 7.99. The largest absolute Gasteiger partial charge is 0.465 e. The zero-order valence-corrected chi connectivity index (χ0v) is 17.8. The second kappa shape index (κ2) is 8.95.